The van der Waals surface area contributed by atoms with Crippen molar-refractivity contribution in [1.29, 1.82) is 0 Å². The third kappa shape index (κ3) is 4.20. The number of halogens is 1. The first-order chi connectivity index (χ1) is 12.0. The maximum Gasteiger partial charge on any atom is 0.253 e. The third-order valence-electron chi connectivity index (χ3n) is 4.10. The van der Waals surface area contributed by atoms with Gasteiger partial charge in [-0.05, 0) is 30.7 Å². The van der Waals surface area contributed by atoms with Gasteiger partial charge in [0.2, 0.25) is 17.7 Å². The van der Waals surface area contributed by atoms with E-state index in [0.717, 1.165) is 0 Å². The van der Waals surface area contributed by atoms with Crippen molar-refractivity contribution < 1.29 is 18.4 Å². The minimum atomic E-state index is -0.375. The van der Waals surface area contributed by atoms with Gasteiger partial charge in [0.25, 0.3) is 5.91 Å². The lowest BCUT2D eigenvalue weighted by molar-refractivity contribution is -0.130. The fourth-order valence-corrected chi connectivity index (χ4v) is 2.80. The normalized spacial score (nSPS) is 15.1. The zero-order valence-electron chi connectivity index (χ0n) is 13.9. The fraction of sp³-hybridized carbons (Fsp3) is 0.412. The molecular formula is C17H19FN4O3. The van der Waals surface area contributed by atoms with Crippen LogP contribution in [0.15, 0.2) is 28.7 Å². The van der Waals surface area contributed by atoms with Crippen molar-refractivity contribution in [1.82, 2.24) is 20.0 Å². The van der Waals surface area contributed by atoms with Gasteiger partial charge in [0.15, 0.2) is 0 Å². The lowest BCUT2D eigenvalue weighted by Crippen LogP contribution is -2.38. The van der Waals surface area contributed by atoms with Crippen LogP contribution in [-0.4, -0.2) is 58.0 Å². The molecule has 1 saturated heterocycles. The molecule has 0 spiro atoms. The molecule has 2 heterocycles. The summed E-state index contributed by atoms with van der Waals surface area (Å²) in [5.41, 5.74) is 0.447. The zero-order chi connectivity index (χ0) is 17.8. The second-order valence-corrected chi connectivity index (χ2v) is 5.93. The van der Waals surface area contributed by atoms with E-state index in [1.54, 1.807) is 16.7 Å². The monoisotopic (exact) mass is 346 g/mol. The highest BCUT2D eigenvalue weighted by molar-refractivity contribution is 5.94. The lowest BCUT2D eigenvalue weighted by atomic mass is 10.2. The summed E-state index contributed by atoms with van der Waals surface area (Å²) in [5, 5.41) is 7.55. The molecule has 3 rings (SSSR count). The van der Waals surface area contributed by atoms with Crippen molar-refractivity contribution in [2.45, 2.75) is 19.8 Å². The quantitative estimate of drug-likeness (QED) is 0.840. The van der Waals surface area contributed by atoms with Gasteiger partial charge in [-0.25, -0.2) is 4.39 Å². The summed E-state index contributed by atoms with van der Waals surface area (Å²) in [6.07, 6.45) is 0.744. The summed E-state index contributed by atoms with van der Waals surface area (Å²) >= 11 is 0. The number of hydrogen-bond acceptors (Lipinski definition) is 5. The van der Waals surface area contributed by atoms with Crippen LogP contribution in [0.2, 0.25) is 0 Å². The molecule has 0 radical (unpaired) electrons. The second-order valence-electron chi connectivity index (χ2n) is 5.93. The standard InChI is InChI=1S/C17H19FN4O3/c1-12-19-20-15(25-12)11-16(23)21-7-2-8-22(10-9-21)17(24)13-3-5-14(18)6-4-13/h3-6H,2,7-11H2,1H3. The molecule has 7 nitrogen and oxygen atoms in total. The average Bonchev–Trinajstić information content (AvgIpc) is 2.86. The van der Waals surface area contributed by atoms with Crippen LogP contribution in [0.4, 0.5) is 4.39 Å². The van der Waals surface area contributed by atoms with E-state index in [1.165, 1.54) is 24.3 Å². The Morgan fingerprint density at radius 3 is 2.44 bits per heavy atom. The molecule has 132 valence electrons. The Hall–Kier alpha value is -2.77. The number of amides is 2. The number of carbonyl (C=O) groups excluding carboxylic acids is 2. The van der Waals surface area contributed by atoms with Crippen LogP contribution in [0.5, 0.6) is 0 Å². The lowest BCUT2D eigenvalue weighted by Gasteiger charge is -2.22. The predicted molar refractivity (Wildman–Crippen MR) is 86.2 cm³/mol. The highest BCUT2D eigenvalue weighted by atomic mass is 19.1. The SMILES string of the molecule is Cc1nnc(CC(=O)N2CCCN(C(=O)c3ccc(F)cc3)CC2)o1. The number of rotatable bonds is 3. The van der Waals surface area contributed by atoms with Crippen molar-refractivity contribution in [2.24, 2.45) is 0 Å². The summed E-state index contributed by atoms with van der Waals surface area (Å²) in [7, 11) is 0. The number of aryl methyl sites for hydroxylation is 1. The molecule has 0 aliphatic carbocycles. The van der Waals surface area contributed by atoms with Gasteiger partial charge in [-0.15, -0.1) is 10.2 Å². The molecule has 2 amide bonds. The molecule has 2 aromatic rings. The average molecular weight is 346 g/mol. The topological polar surface area (TPSA) is 79.5 Å². The molecule has 0 bridgehead atoms. The summed E-state index contributed by atoms with van der Waals surface area (Å²) in [4.78, 5) is 28.3. The Morgan fingerprint density at radius 2 is 1.76 bits per heavy atom. The Morgan fingerprint density at radius 1 is 1.08 bits per heavy atom. The first-order valence-corrected chi connectivity index (χ1v) is 8.14. The first kappa shape index (κ1) is 17.1. The molecule has 25 heavy (non-hydrogen) atoms. The highest BCUT2D eigenvalue weighted by Crippen LogP contribution is 2.11. The molecule has 1 aliphatic rings. The molecule has 1 aromatic carbocycles. The van der Waals surface area contributed by atoms with Crippen molar-refractivity contribution >= 4 is 11.8 Å². The third-order valence-corrected chi connectivity index (χ3v) is 4.10. The summed E-state index contributed by atoms with van der Waals surface area (Å²) in [6.45, 7) is 3.67. The summed E-state index contributed by atoms with van der Waals surface area (Å²) in [6, 6.07) is 5.49. The predicted octanol–water partition coefficient (Wildman–Crippen LogP) is 1.43. The molecule has 1 fully saturated rings. The van der Waals surface area contributed by atoms with E-state index in [2.05, 4.69) is 10.2 Å². The Bertz CT molecular complexity index is 760. The molecule has 0 unspecified atom stereocenters. The summed E-state index contributed by atoms with van der Waals surface area (Å²) < 4.78 is 18.2. The van der Waals surface area contributed by atoms with Crippen molar-refractivity contribution in [3.05, 3.63) is 47.4 Å². The Labute approximate surface area is 144 Å². The maximum atomic E-state index is 13.0. The van der Waals surface area contributed by atoms with Gasteiger partial charge >= 0.3 is 0 Å². The Balaban J connectivity index is 1.59. The molecular weight excluding hydrogens is 327 g/mol. The zero-order valence-corrected chi connectivity index (χ0v) is 13.9. The number of nitrogens with zero attached hydrogens (tertiary/aromatic N) is 4. The van der Waals surface area contributed by atoms with Crippen molar-refractivity contribution in [3.63, 3.8) is 0 Å². The molecule has 1 aromatic heterocycles. The van der Waals surface area contributed by atoms with E-state index < -0.39 is 0 Å². The van der Waals surface area contributed by atoms with Gasteiger partial charge < -0.3 is 14.2 Å². The largest absolute Gasteiger partial charge is 0.425 e. The van der Waals surface area contributed by atoms with Crippen LogP contribution in [-0.2, 0) is 11.2 Å². The van der Waals surface area contributed by atoms with Gasteiger partial charge in [0.05, 0.1) is 0 Å². The Kier molecular flexibility index (Phi) is 5.06. The maximum absolute atomic E-state index is 13.0. The van der Waals surface area contributed by atoms with Gasteiger partial charge in [-0.2, -0.15) is 0 Å². The van der Waals surface area contributed by atoms with Gasteiger partial charge in [-0.1, -0.05) is 0 Å². The minimum Gasteiger partial charge on any atom is -0.425 e. The van der Waals surface area contributed by atoms with Crippen LogP contribution in [0.3, 0.4) is 0 Å². The van der Waals surface area contributed by atoms with Gasteiger partial charge in [-0.3, -0.25) is 9.59 Å². The van der Waals surface area contributed by atoms with E-state index in [9.17, 15) is 14.0 Å². The van der Waals surface area contributed by atoms with Crippen LogP contribution in [0, 0.1) is 12.7 Å². The van der Waals surface area contributed by atoms with Gasteiger partial charge in [0, 0.05) is 38.7 Å². The van der Waals surface area contributed by atoms with Crippen LogP contribution in [0.1, 0.15) is 28.6 Å². The smallest absolute Gasteiger partial charge is 0.253 e. The van der Waals surface area contributed by atoms with E-state index >= 15 is 0 Å². The number of hydrogen-bond donors (Lipinski definition) is 0. The number of carbonyl (C=O) groups is 2. The van der Waals surface area contributed by atoms with E-state index in [-0.39, 0.29) is 24.1 Å². The van der Waals surface area contributed by atoms with Gasteiger partial charge in [0.1, 0.15) is 12.2 Å². The van der Waals surface area contributed by atoms with Crippen LogP contribution < -0.4 is 0 Å². The number of benzene rings is 1. The molecule has 8 heteroatoms. The molecule has 1 aliphatic heterocycles. The van der Waals surface area contributed by atoms with Crippen molar-refractivity contribution in [3.8, 4) is 0 Å². The van der Waals surface area contributed by atoms with E-state index in [4.69, 9.17) is 4.42 Å². The molecule has 0 atom stereocenters. The van der Waals surface area contributed by atoms with Crippen LogP contribution >= 0.6 is 0 Å². The second kappa shape index (κ2) is 7.42. The highest BCUT2D eigenvalue weighted by Gasteiger charge is 2.24. The molecule has 0 saturated carbocycles. The first-order valence-electron chi connectivity index (χ1n) is 8.14. The van der Waals surface area contributed by atoms with Crippen LogP contribution in [0.25, 0.3) is 0 Å². The fourth-order valence-electron chi connectivity index (χ4n) is 2.80. The van der Waals surface area contributed by atoms with E-state index in [1.807, 2.05) is 0 Å². The van der Waals surface area contributed by atoms with Crippen molar-refractivity contribution in [2.75, 3.05) is 26.2 Å². The molecule has 0 N–H and O–H groups in total. The summed E-state index contributed by atoms with van der Waals surface area (Å²) in [5.74, 6) is 0.0998. The number of aromatic nitrogens is 2. The minimum absolute atomic E-state index is 0.0623. The van der Waals surface area contributed by atoms with E-state index in [0.29, 0.717) is 49.9 Å².